The van der Waals surface area contributed by atoms with Crippen molar-refractivity contribution in [1.29, 1.82) is 0 Å². The van der Waals surface area contributed by atoms with Crippen molar-refractivity contribution >= 4 is 17.8 Å². The molecule has 4 saturated heterocycles. The van der Waals surface area contributed by atoms with Gasteiger partial charge in [0.25, 0.3) is 0 Å². The van der Waals surface area contributed by atoms with Gasteiger partial charge in [0.15, 0.2) is 24.7 Å². The number of esters is 1. The molecule has 0 aromatic rings. The quantitative estimate of drug-likeness (QED) is 0.287. The fourth-order valence-electron chi connectivity index (χ4n) is 5.16. The highest BCUT2D eigenvalue weighted by atomic mass is 19.4. The number of rotatable bonds is 9. The molecule has 242 valence electrons. The Morgan fingerprint density at radius 2 is 1.50 bits per heavy atom. The van der Waals surface area contributed by atoms with E-state index in [1.165, 1.54) is 21.3 Å². The van der Waals surface area contributed by atoms with Crippen molar-refractivity contribution in [3.63, 3.8) is 0 Å². The average Bonchev–Trinajstić information content (AvgIpc) is 3.58. The number of carbonyl (C=O) groups excluding carboxylic acids is 2. The summed E-state index contributed by atoms with van der Waals surface area (Å²) in [5.41, 5.74) is 6.33. The first-order valence-corrected chi connectivity index (χ1v) is 13.0. The van der Waals surface area contributed by atoms with Gasteiger partial charge in [-0.05, 0) is 20.8 Å². The van der Waals surface area contributed by atoms with Crippen molar-refractivity contribution in [3.8, 4) is 0 Å². The number of alkyl halides is 3. The number of ether oxygens (including phenoxy) is 9. The van der Waals surface area contributed by atoms with Gasteiger partial charge in [0.2, 0.25) is 5.91 Å². The second kappa shape index (κ2) is 13.6. The summed E-state index contributed by atoms with van der Waals surface area (Å²) in [5, 5.41) is 9.97. The summed E-state index contributed by atoms with van der Waals surface area (Å²) in [6, 6.07) is -1.50. The first-order chi connectivity index (χ1) is 19.5. The third-order valence-electron chi connectivity index (χ3n) is 6.90. The molecule has 4 N–H and O–H groups in total. The molecule has 0 spiro atoms. The zero-order valence-electron chi connectivity index (χ0n) is 23.8. The Balaban J connectivity index is 0.000000616. The molecular formula is C24H37F3N2O13. The van der Waals surface area contributed by atoms with Crippen LogP contribution in [0.4, 0.5) is 13.2 Å². The van der Waals surface area contributed by atoms with Crippen molar-refractivity contribution in [3.05, 3.63) is 0 Å². The molecule has 1 amide bonds. The van der Waals surface area contributed by atoms with Crippen molar-refractivity contribution in [2.24, 2.45) is 5.73 Å². The Morgan fingerprint density at radius 3 is 2.05 bits per heavy atom. The molecule has 0 aliphatic carbocycles. The largest absolute Gasteiger partial charge is 0.490 e. The lowest BCUT2D eigenvalue weighted by atomic mass is 9.98. The molecule has 0 radical (unpaired) electrons. The molecule has 0 bridgehead atoms. The lowest BCUT2D eigenvalue weighted by Gasteiger charge is -2.31. The smallest absolute Gasteiger partial charge is 0.475 e. The van der Waals surface area contributed by atoms with Gasteiger partial charge in [0.05, 0.1) is 19.6 Å². The summed E-state index contributed by atoms with van der Waals surface area (Å²) >= 11 is 0. The molecule has 4 aliphatic heterocycles. The molecule has 15 nitrogen and oxygen atoms in total. The molecule has 3 unspecified atom stereocenters. The Morgan fingerprint density at radius 1 is 0.929 bits per heavy atom. The van der Waals surface area contributed by atoms with Crippen LogP contribution in [0.25, 0.3) is 0 Å². The van der Waals surface area contributed by atoms with Crippen LogP contribution in [0.3, 0.4) is 0 Å². The number of amides is 1. The monoisotopic (exact) mass is 618 g/mol. The number of nitrogens with two attached hydrogens (primary N) is 1. The van der Waals surface area contributed by atoms with Gasteiger partial charge in [-0.15, -0.1) is 0 Å². The molecule has 4 aliphatic rings. The average molecular weight is 619 g/mol. The topological polar surface area (TPSA) is 193 Å². The van der Waals surface area contributed by atoms with E-state index in [0.29, 0.717) is 0 Å². The van der Waals surface area contributed by atoms with E-state index in [1.807, 2.05) is 0 Å². The van der Waals surface area contributed by atoms with Gasteiger partial charge < -0.3 is 58.8 Å². The van der Waals surface area contributed by atoms with Crippen molar-refractivity contribution < 1.29 is 75.3 Å². The number of fused-ring (bicyclic) bond motifs is 2. The zero-order chi connectivity index (χ0) is 31.6. The third-order valence-corrected chi connectivity index (χ3v) is 6.90. The van der Waals surface area contributed by atoms with E-state index in [4.69, 9.17) is 58.3 Å². The van der Waals surface area contributed by atoms with Crippen molar-refractivity contribution in [2.45, 2.75) is 113 Å². The molecule has 0 aromatic carbocycles. The fourth-order valence-corrected chi connectivity index (χ4v) is 5.16. The van der Waals surface area contributed by atoms with E-state index < -0.39 is 97.4 Å². The van der Waals surface area contributed by atoms with E-state index in [2.05, 4.69) is 5.32 Å². The molecular weight excluding hydrogens is 581 g/mol. The maximum atomic E-state index is 13.0. The van der Waals surface area contributed by atoms with Gasteiger partial charge in [-0.3, -0.25) is 9.59 Å². The highest BCUT2D eigenvalue weighted by Crippen LogP contribution is 2.40. The SMILES string of the molecule is COC(=O)CC(NC(=O)CC(N)[C@@H]1O[C@@H]2OC(C)O[C@@H]2[C@H]1OC)[C@H]1O[C@@H]2OC(C)(C)O[C@@H]2[C@H]1OC.O=C(O)C(F)(F)F. The molecule has 42 heavy (non-hydrogen) atoms. The number of carbonyl (C=O) groups is 3. The number of aliphatic carboxylic acids is 1. The van der Waals surface area contributed by atoms with Crippen molar-refractivity contribution in [2.75, 3.05) is 21.3 Å². The van der Waals surface area contributed by atoms with Crippen LogP contribution in [0.1, 0.15) is 33.6 Å². The summed E-state index contributed by atoms with van der Waals surface area (Å²) in [6.45, 7) is 5.31. The van der Waals surface area contributed by atoms with Gasteiger partial charge in [-0.2, -0.15) is 13.2 Å². The van der Waals surface area contributed by atoms with Crippen LogP contribution in [0.5, 0.6) is 0 Å². The van der Waals surface area contributed by atoms with Gasteiger partial charge in [-0.1, -0.05) is 0 Å². The van der Waals surface area contributed by atoms with Crippen LogP contribution in [0.2, 0.25) is 0 Å². The van der Waals surface area contributed by atoms with Crippen LogP contribution in [0, 0.1) is 0 Å². The van der Waals surface area contributed by atoms with Gasteiger partial charge in [0, 0.05) is 26.7 Å². The predicted molar refractivity (Wildman–Crippen MR) is 129 cm³/mol. The maximum absolute atomic E-state index is 13.0. The van der Waals surface area contributed by atoms with Crippen molar-refractivity contribution in [1.82, 2.24) is 5.32 Å². The third kappa shape index (κ3) is 8.06. The van der Waals surface area contributed by atoms with E-state index in [9.17, 15) is 22.8 Å². The van der Waals surface area contributed by atoms with E-state index in [1.54, 1.807) is 20.8 Å². The maximum Gasteiger partial charge on any atom is 0.490 e. The van der Waals surface area contributed by atoms with E-state index >= 15 is 0 Å². The molecule has 4 heterocycles. The summed E-state index contributed by atoms with van der Waals surface area (Å²) in [6.07, 6.45) is -10.4. The molecule has 0 saturated carbocycles. The normalized spacial score (nSPS) is 36.3. The molecule has 18 heteroatoms. The highest BCUT2D eigenvalue weighted by molar-refractivity contribution is 5.78. The highest BCUT2D eigenvalue weighted by Gasteiger charge is 2.58. The summed E-state index contributed by atoms with van der Waals surface area (Å²) < 4.78 is 82.6. The first kappa shape index (κ1) is 34.3. The van der Waals surface area contributed by atoms with Gasteiger partial charge >= 0.3 is 18.1 Å². The Labute approximate surface area is 239 Å². The van der Waals surface area contributed by atoms with E-state index in [0.717, 1.165) is 0 Å². The van der Waals surface area contributed by atoms with Crippen LogP contribution in [0.15, 0.2) is 0 Å². The second-order valence-corrected chi connectivity index (χ2v) is 10.4. The summed E-state index contributed by atoms with van der Waals surface area (Å²) in [7, 11) is 4.31. The number of carboxylic acid groups (broad SMARTS) is 1. The Bertz CT molecular complexity index is 970. The molecule has 4 fully saturated rings. The predicted octanol–water partition coefficient (Wildman–Crippen LogP) is -0.222. The van der Waals surface area contributed by atoms with Crippen LogP contribution >= 0.6 is 0 Å². The number of carboxylic acids is 1. The fraction of sp³-hybridized carbons (Fsp3) is 0.875. The molecule has 4 rings (SSSR count). The van der Waals surface area contributed by atoms with E-state index in [-0.39, 0.29) is 12.8 Å². The summed E-state index contributed by atoms with van der Waals surface area (Å²) in [4.78, 5) is 34.1. The lowest BCUT2D eigenvalue weighted by molar-refractivity contribution is -0.220. The number of nitrogens with one attached hydrogen (secondary N) is 1. The minimum Gasteiger partial charge on any atom is -0.475 e. The zero-order valence-corrected chi connectivity index (χ0v) is 23.8. The van der Waals surface area contributed by atoms with Crippen LogP contribution < -0.4 is 11.1 Å². The van der Waals surface area contributed by atoms with Gasteiger partial charge in [0.1, 0.15) is 36.6 Å². The standard InChI is InChI=1S/C22H36N2O11.C2HF3O2/c1-9-30-18-16(28-5)14(32-20(18)31-9)10(23)7-12(25)24-11(8-13(26)27-4)15-17(29-6)19-21(33-15)35-22(2,3)34-19;3-2(4,5)1(6)7/h9-11,14-21H,7-8,23H2,1-6H3,(H,24,25);(H,6,7)/t9?,10?,11?,14-,15+,16-,17-,18+,19+,20-,21+;/m0./s1. The number of halogens is 3. The lowest BCUT2D eigenvalue weighted by Crippen LogP contribution is -2.53. The molecule has 0 aromatic heterocycles. The van der Waals surface area contributed by atoms with Gasteiger partial charge in [-0.25, -0.2) is 4.79 Å². The number of hydrogen-bond donors (Lipinski definition) is 3. The summed E-state index contributed by atoms with van der Waals surface area (Å²) in [5.74, 6) is -4.53. The Kier molecular flexibility index (Phi) is 11.2. The number of methoxy groups -OCH3 is 3. The minimum absolute atomic E-state index is 0.103. The van der Waals surface area contributed by atoms with Crippen LogP contribution in [-0.2, 0) is 57.0 Å². The molecule has 11 atom stereocenters. The minimum atomic E-state index is -5.08. The second-order valence-electron chi connectivity index (χ2n) is 10.4. The Hall–Kier alpha value is -2.16. The first-order valence-electron chi connectivity index (χ1n) is 13.0. The van der Waals surface area contributed by atoms with Crippen LogP contribution in [-0.4, -0.2) is 124 Å². The number of hydrogen-bond acceptors (Lipinski definition) is 13.